The molecule has 1 amide bonds. The lowest BCUT2D eigenvalue weighted by Crippen LogP contribution is -2.54. The summed E-state index contributed by atoms with van der Waals surface area (Å²) >= 11 is 12.6. The molecule has 3 aromatic carbocycles. The number of amides is 1. The molecule has 228 valence electrons. The summed E-state index contributed by atoms with van der Waals surface area (Å²) in [6.45, 7) is 0.604. The molecule has 3 aliphatic heterocycles. The van der Waals surface area contributed by atoms with E-state index in [1.165, 1.54) is 30.2 Å². The molecule has 0 bridgehead atoms. The Bertz CT molecular complexity index is 1740. The first kappa shape index (κ1) is 29.0. The Kier molecular flexibility index (Phi) is 6.85. The average Bonchev–Trinajstić information content (AvgIpc) is 3.63. The lowest BCUT2D eigenvalue weighted by atomic mass is 9.71. The first-order valence-corrected chi connectivity index (χ1v) is 15.0. The van der Waals surface area contributed by atoms with Crippen molar-refractivity contribution in [2.45, 2.75) is 36.6 Å². The van der Waals surface area contributed by atoms with Crippen LogP contribution in [0.1, 0.15) is 40.2 Å². The average molecular weight is 641 g/mol. The van der Waals surface area contributed by atoms with Crippen molar-refractivity contribution in [1.29, 1.82) is 0 Å². The number of rotatable bonds is 6. The van der Waals surface area contributed by atoms with Gasteiger partial charge in [0.2, 0.25) is 5.91 Å². The lowest BCUT2D eigenvalue weighted by molar-refractivity contribution is -0.384. The van der Waals surface area contributed by atoms with Gasteiger partial charge in [-0.3, -0.25) is 19.8 Å². The number of carbonyl (C=O) groups excluding carboxylic acids is 2. The molecular formula is C31H27Cl2FN4O6. The van der Waals surface area contributed by atoms with Gasteiger partial charge in [-0.25, -0.2) is 9.18 Å². The first-order chi connectivity index (χ1) is 21.1. The van der Waals surface area contributed by atoms with Gasteiger partial charge in [0, 0.05) is 53.3 Å². The van der Waals surface area contributed by atoms with Crippen molar-refractivity contribution in [3.63, 3.8) is 0 Å². The maximum atomic E-state index is 16.1. The van der Waals surface area contributed by atoms with Gasteiger partial charge in [-0.1, -0.05) is 41.4 Å². The second kappa shape index (κ2) is 10.4. The van der Waals surface area contributed by atoms with E-state index in [1.807, 2.05) is 0 Å². The third kappa shape index (κ3) is 4.13. The number of carbonyl (C=O) groups is 2. The van der Waals surface area contributed by atoms with Crippen molar-refractivity contribution in [2.75, 3.05) is 30.4 Å². The fourth-order valence-electron chi connectivity index (χ4n) is 7.59. The number of hydrogen-bond acceptors (Lipinski definition) is 8. The molecule has 1 spiro atoms. The number of ether oxygens (including phenoxy) is 1. The van der Waals surface area contributed by atoms with Crippen LogP contribution < -0.4 is 10.2 Å². The van der Waals surface area contributed by atoms with E-state index in [4.69, 9.17) is 27.9 Å². The molecule has 1 saturated carbocycles. The molecule has 3 fully saturated rings. The summed E-state index contributed by atoms with van der Waals surface area (Å²) in [5.41, 5.74) is -0.410. The Morgan fingerprint density at radius 2 is 1.98 bits per heavy atom. The highest BCUT2D eigenvalue weighted by atomic mass is 35.5. The number of hydrogen-bond donors (Lipinski definition) is 2. The minimum atomic E-state index is -1.41. The summed E-state index contributed by atoms with van der Waals surface area (Å²) in [5.74, 6) is -3.20. The van der Waals surface area contributed by atoms with Crippen molar-refractivity contribution in [2.24, 2.45) is 11.8 Å². The van der Waals surface area contributed by atoms with Gasteiger partial charge in [-0.15, -0.1) is 0 Å². The fraction of sp³-hybridized carbons (Fsp3) is 0.355. The van der Waals surface area contributed by atoms with Gasteiger partial charge in [0.05, 0.1) is 22.6 Å². The molecule has 2 saturated heterocycles. The molecule has 4 aliphatic rings. The number of methoxy groups -OCH3 is 1. The van der Waals surface area contributed by atoms with Crippen LogP contribution in [-0.2, 0) is 15.1 Å². The van der Waals surface area contributed by atoms with Gasteiger partial charge in [-0.2, -0.15) is 0 Å². The van der Waals surface area contributed by atoms with Crippen molar-refractivity contribution < 1.29 is 28.7 Å². The number of halogens is 3. The van der Waals surface area contributed by atoms with E-state index in [0.717, 1.165) is 18.9 Å². The predicted octanol–water partition coefficient (Wildman–Crippen LogP) is 5.31. The minimum absolute atomic E-state index is 0.0112. The quantitative estimate of drug-likeness (QED) is 0.211. The van der Waals surface area contributed by atoms with Crippen LogP contribution in [0.5, 0.6) is 0 Å². The number of likely N-dealkylation sites (tertiary alicyclic amines) is 1. The molecule has 5 atom stereocenters. The number of nitrogens with one attached hydrogen (secondary N) is 1. The Balaban J connectivity index is 1.43. The summed E-state index contributed by atoms with van der Waals surface area (Å²) < 4.78 is 20.8. The zero-order valence-corrected chi connectivity index (χ0v) is 24.9. The monoisotopic (exact) mass is 640 g/mol. The molecule has 2 N–H and O–H groups in total. The summed E-state index contributed by atoms with van der Waals surface area (Å²) in [4.78, 5) is 41.6. The van der Waals surface area contributed by atoms with E-state index in [0.29, 0.717) is 28.7 Å². The standard InChI is InChI=1S/C31H27Cl2FN4O6/c1-44-29(40)16-7-10-22(23(11-16)38(42)43)36-14-24-25(28(36)39)26(18-3-2-4-20(33)27(18)34)31(37(24)13-15-5-6-15)19-9-8-17(32)12-21(19)35-30(31)41/h2-4,7-12,15,24-26,28,39H,5-6,13-14H2,1H3,(H,35,41)/t24-,25+,26-,28?,31+/m1/s1. The van der Waals surface area contributed by atoms with Crippen LogP contribution in [0.25, 0.3) is 0 Å². The van der Waals surface area contributed by atoms with E-state index in [2.05, 4.69) is 10.2 Å². The van der Waals surface area contributed by atoms with Crippen LogP contribution in [0.3, 0.4) is 0 Å². The first-order valence-electron chi connectivity index (χ1n) is 14.2. The number of benzene rings is 3. The van der Waals surface area contributed by atoms with Crippen LogP contribution in [0.15, 0.2) is 54.6 Å². The highest BCUT2D eigenvalue weighted by Crippen LogP contribution is 2.63. The highest BCUT2D eigenvalue weighted by Gasteiger charge is 2.71. The van der Waals surface area contributed by atoms with Gasteiger partial charge in [0.25, 0.3) is 5.69 Å². The number of nitro benzene ring substituents is 1. The van der Waals surface area contributed by atoms with E-state index >= 15 is 4.39 Å². The smallest absolute Gasteiger partial charge is 0.338 e. The zero-order valence-electron chi connectivity index (χ0n) is 23.4. The zero-order chi connectivity index (χ0) is 31.1. The van der Waals surface area contributed by atoms with Gasteiger partial charge in [0.15, 0.2) is 0 Å². The molecule has 3 heterocycles. The number of fused-ring (bicyclic) bond motifs is 3. The number of esters is 1. The van der Waals surface area contributed by atoms with E-state index in [9.17, 15) is 24.8 Å². The second-order valence-electron chi connectivity index (χ2n) is 11.8. The summed E-state index contributed by atoms with van der Waals surface area (Å²) in [5, 5.41) is 27.6. The van der Waals surface area contributed by atoms with Crippen molar-refractivity contribution in [1.82, 2.24) is 4.90 Å². The maximum Gasteiger partial charge on any atom is 0.338 e. The van der Waals surface area contributed by atoms with Gasteiger partial charge < -0.3 is 20.1 Å². The molecule has 1 unspecified atom stereocenters. The Morgan fingerprint density at radius 3 is 2.68 bits per heavy atom. The Hall–Kier alpha value is -3.77. The Morgan fingerprint density at radius 1 is 1.20 bits per heavy atom. The van der Waals surface area contributed by atoms with E-state index in [-0.39, 0.29) is 40.0 Å². The number of nitrogens with zero attached hydrogens (tertiary/aromatic N) is 3. The number of aliphatic hydroxyl groups excluding tert-OH is 1. The molecular weight excluding hydrogens is 614 g/mol. The third-order valence-electron chi connectivity index (χ3n) is 9.54. The molecule has 0 radical (unpaired) electrons. The maximum absolute atomic E-state index is 16.1. The van der Waals surface area contributed by atoms with Crippen LogP contribution in [-0.4, -0.2) is 59.3 Å². The fourth-order valence-corrected chi connectivity index (χ4v) is 7.95. The molecule has 7 rings (SSSR count). The number of nitro groups is 1. The second-order valence-corrected chi connectivity index (χ2v) is 12.6. The topological polar surface area (TPSA) is 125 Å². The SMILES string of the molecule is COC(=O)c1ccc(N2C[C@@H]3[C@H](C2O)[C@@H](c2cccc(Cl)c2F)[C@@]2(C(=O)Nc4cc(Cl)ccc42)N3CC2CC2)c([N+](=O)[O-])c1. The lowest BCUT2D eigenvalue weighted by Gasteiger charge is -2.42. The highest BCUT2D eigenvalue weighted by molar-refractivity contribution is 6.31. The van der Waals surface area contributed by atoms with Gasteiger partial charge in [-0.05, 0) is 54.7 Å². The van der Waals surface area contributed by atoms with Crippen molar-refractivity contribution in [3.05, 3.63) is 97.3 Å². The summed E-state index contributed by atoms with van der Waals surface area (Å²) in [6, 6.07) is 13.1. The van der Waals surface area contributed by atoms with Crippen LogP contribution in [0, 0.1) is 27.8 Å². The molecule has 44 heavy (non-hydrogen) atoms. The van der Waals surface area contributed by atoms with Gasteiger partial charge in [0.1, 0.15) is 23.3 Å². The number of anilines is 2. The van der Waals surface area contributed by atoms with Gasteiger partial charge >= 0.3 is 5.97 Å². The Labute approximate surface area is 261 Å². The summed E-state index contributed by atoms with van der Waals surface area (Å²) in [7, 11) is 1.18. The normalized spacial score (nSPS) is 27.4. The van der Waals surface area contributed by atoms with Crippen LogP contribution in [0.4, 0.5) is 21.5 Å². The molecule has 13 heteroatoms. The van der Waals surface area contributed by atoms with Crippen LogP contribution in [0.2, 0.25) is 10.0 Å². The summed E-state index contributed by atoms with van der Waals surface area (Å²) in [6.07, 6.45) is 0.556. The minimum Gasteiger partial charge on any atom is -0.465 e. The van der Waals surface area contributed by atoms with Crippen molar-refractivity contribution >= 4 is 52.1 Å². The van der Waals surface area contributed by atoms with E-state index in [1.54, 1.807) is 30.3 Å². The van der Waals surface area contributed by atoms with E-state index < -0.39 is 46.4 Å². The van der Waals surface area contributed by atoms with Crippen LogP contribution >= 0.6 is 23.2 Å². The van der Waals surface area contributed by atoms with Crippen molar-refractivity contribution in [3.8, 4) is 0 Å². The molecule has 0 aromatic heterocycles. The largest absolute Gasteiger partial charge is 0.465 e. The predicted molar refractivity (Wildman–Crippen MR) is 160 cm³/mol. The molecule has 1 aliphatic carbocycles. The number of aliphatic hydroxyl groups is 1. The molecule has 10 nitrogen and oxygen atoms in total. The molecule has 3 aromatic rings. The third-order valence-corrected chi connectivity index (χ3v) is 10.1.